The number of anilines is 1. The molecule has 5 rings (SSSR count). The summed E-state index contributed by atoms with van der Waals surface area (Å²) in [4.78, 5) is 17.1. The molecule has 0 aromatic heterocycles. The fourth-order valence-corrected chi connectivity index (χ4v) is 9.34. The highest BCUT2D eigenvalue weighted by Gasteiger charge is 2.40. The standard InChI is InChI=1S/C30H29N2O2PS3/c1-5-32-28(33)26(38-29(32)36)19-21-15-17-22(18-16-21)34-35(37,23-11-7-6-8-12-23)20-27-30(2,3)24-13-9-10-14-25(24)31(27)4/h6-20H,5H2,1-4H3. The summed E-state index contributed by atoms with van der Waals surface area (Å²) in [6.07, 6.45) is -0.755. The van der Waals surface area contributed by atoms with Gasteiger partial charge in [-0.2, -0.15) is 0 Å². The lowest BCUT2D eigenvalue weighted by Crippen LogP contribution is -2.27. The van der Waals surface area contributed by atoms with E-state index in [0.717, 1.165) is 16.6 Å². The lowest BCUT2D eigenvalue weighted by Gasteiger charge is -2.28. The van der Waals surface area contributed by atoms with Gasteiger partial charge >= 0.3 is 0 Å². The van der Waals surface area contributed by atoms with Gasteiger partial charge in [-0.1, -0.05) is 98.5 Å². The Morgan fingerprint density at radius 1 is 1.00 bits per heavy atom. The van der Waals surface area contributed by atoms with Crippen LogP contribution in [0.2, 0.25) is 0 Å². The van der Waals surface area contributed by atoms with Crippen LogP contribution in [0, 0.1) is 0 Å². The maximum atomic E-state index is 12.6. The first-order valence-corrected chi connectivity index (χ1v) is 16.4. The Bertz CT molecular complexity index is 1510. The highest BCUT2D eigenvalue weighted by atomic mass is 32.4. The fraction of sp³-hybridized carbons (Fsp3) is 0.200. The Hall–Kier alpha value is -2.70. The average molecular weight is 577 g/mol. The largest absolute Gasteiger partial charge is 0.458 e. The zero-order valence-corrected chi connectivity index (χ0v) is 25.1. The zero-order chi connectivity index (χ0) is 27.1. The summed E-state index contributed by atoms with van der Waals surface area (Å²) in [6.45, 7) is 6.98. The number of rotatable bonds is 6. The molecule has 2 heterocycles. The van der Waals surface area contributed by atoms with Crippen LogP contribution >= 0.6 is 30.2 Å². The van der Waals surface area contributed by atoms with Crippen molar-refractivity contribution in [3.05, 3.63) is 106 Å². The maximum Gasteiger partial charge on any atom is 0.266 e. The summed E-state index contributed by atoms with van der Waals surface area (Å²) >= 11 is 13.0. The molecule has 0 N–H and O–H groups in total. The monoisotopic (exact) mass is 576 g/mol. The number of carbonyl (C=O) groups excluding carboxylic acids is 1. The average Bonchev–Trinajstić information content (AvgIpc) is 3.29. The molecule has 2 aliphatic heterocycles. The van der Waals surface area contributed by atoms with Crippen LogP contribution in [-0.4, -0.2) is 28.7 Å². The van der Waals surface area contributed by atoms with Crippen LogP contribution in [0.1, 0.15) is 31.9 Å². The summed E-state index contributed by atoms with van der Waals surface area (Å²) in [7, 11) is 2.10. The van der Waals surface area contributed by atoms with E-state index in [1.54, 1.807) is 4.90 Å². The molecular weight excluding hydrogens is 548 g/mol. The highest BCUT2D eigenvalue weighted by Crippen LogP contribution is 2.55. The molecule has 1 saturated heterocycles. The Kier molecular flexibility index (Phi) is 7.40. The first kappa shape index (κ1) is 26.9. The molecule has 8 heteroatoms. The number of thiocarbonyl (C=S) groups is 1. The van der Waals surface area contributed by atoms with Crippen molar-refractivity contribution in [3.8, 4) is 5.75 Å². The number of carbonyl (C=O) groups is 1. The van der Waals surface area contributed by atoms with Gasteiger partial charge in [-0.15, -0.1) is 0 Å². The molecule has 1 amide bonds. The first-order chi connectivity index (χ1) is 18.1. The molecule has 1 atom stereocenters. The summed E-state index contributed by atoms with van der Waals surface area (Å²) in [5.74, 6) is 2.84. The molecule has 4 nitrogen and oxygen atoms in total. The number of thioether (sulfide) groups is 1. The van der Waals surface area contributed by atoms with Crippen LogP contribution in [0.5, 0.6) is 5.75 Å². The molecule has 1 fully saturated rings. The van der Waals surface area contributed by atoms with E-state index in [4.69, 9.17) is 28.5 Å². The van der Waals surface area contributed by atoms with Gasteiger partial charge in [0.25, 0.3) is 5.91 Å². The van der Waals surface area contributed by atoms with Gasteiger partial charge in [0.1, 0.15) is 10.1 Å². The Morgan fingerprint density at radius 2 is 1.66 bits per heavy atom. The molecule has 38 heavy (non-hydrogen) atoms. The maximum absolute atomic E-state index is 12.6. The van der Waals surface area contributed by atoms with Crippen molar-refractivity contribution in [1.82, 2.24) is 4.90 Å². The molecule has 2 aliphatic rings. The molecule has 0 saturated carbocycles. The minimum Gasteiger partial charge on any atom is -0.458 e. The van der Waals surface area contributed by atoms with E-state index in [1.807, 2.05) is 55.5 Å². The van der Waals surface area contributed by atoms with Crippen molar-refractivity contribution < 1.29 is 9.32 Å². The predicted octanol–water partition coefficient (Wildman–Crippen LogP) is 7.28. The van der Waals surface area contributed by atoms with Gasteiger partial charge in [0.15, 0.2) is 6.26 Å². The summed E-state index contributed by atoms with van der Waals surface area (Å²) in [5, 5.41) is 0.995. The predicted molar refractivity (Wildman–Crippen MR) is 169 cm³/mol. The molecule has 1 unspecified atom stereocenters. The molecule has 0 bridgehead atoms. The number of hydrogen-bond donors (Lipinski definition) is 0. The number of nitrogens with zero attached hydrogens (tertiary/aromatic N) is 2. The Morgan fingerprint density at radius 3 is 2.29 bits per heavy atom. The second kappa shape index (κ2) is 10.5. The van der Waals surface area contributed by atoms with Crippen LogP contribution < -0.4 is 14.7 Å². The molecule has 194 valence electrons. The molecular formula is C30H29N2O2PS3. The fourth-order valence-electron chi connectivity index (χ4n) is 4.89. The van der Waals surface area contributed by atoms with Crippen molar-refractivity contribution in [3.63, 3.8) is 0 Å². The van der Waals surface area contributed by atoms with Gasteiger partial charge in [-0.3, -0.25) is 9.69 Å². The van der Waals surface area contributed by atoms with E-state index < -0.39 is 6.26 Å². The van der Waals surface area contributed by atoms with E-state index in [-0.39, 0.29) is 11.3 Å². The summed E-state index contributed by atoms with van der Waals surface area (Å²) < 4.78 is 7.29. The number of allylic oxidation sites excluding steroid dienone is 1. The topological polar surface area (TPSA) is 32.8 Å². The molecule has 0 spiro atoms. The van der Waals surface area contributed by atoms with Crippen LogP contribution in [0.4, 0.5) is 5.69 Å². The number of benzene rings is 3. The van der Waals surface area contributed by atoms with Crippen molar-refractivity contribution in [2.24, 2.45) is 0 Å². The second-order valence-corrected chi connectivity index (χ2v) is 15.2. The number of amides is 1. The van der Waals surface area contributed by atoms with Gasteiger partial charge in [-0.05, 0) is 54.1 Å². The van der Waals surface area contributed by atoms with Crippen LogP contribution in [-0.2, 0) is 22.0 Å². The van der Waals surface area contributed by atoms with Gasteiger partial charge in [0.05, 0.1) is 4.91 Å². The summed E-state index contributed by atoms with van der Waals surface area (Å²) in [6, 6.07) is 26.4. The van der Waals surface area contributed by atoms with E-state index in [1.165, 1.54) is 23.0 Å². The van der Waals surface area contributed by atoms with Gasteiger partial charge in [0.2, 0.25) is 0 Å². The van der Waals surface area contributed by atoms with E-state index >= 15 is 0 Å². The van der Waals surface area contributed by atoms with Gasteiger partial charge < -0.3 is 9.42 Å². The molecule has 3 aromatic rings. The SMILES string of the molecule is CCN1C(=O)C(=Cc2ccc(OP(=S)(C=C3N(C)c4ccccc4C3(C)C)c3ccccc3)cc2)SC1=S. The number of likely N-dealkylation sites (N-methyl/N-ethyl adjacent to an activating group) is 2. The second-order valence-electron chi connectivity index (χ2n) is 9.73. The Balaban J connectivity index is 1.48. The minimum atomic E-state index is -2.63. The molecule has 0 aliphatic carbocycles. The van der Waals surface area contributed by atoms with Crippen molar-refractivity contribution in [2.75, 3.05) is 18.5 Å². The quantitative estimate of drug-likeness (QED) is 0.174. The number of fused-ring (bicyclic) bond motifs is 1. The number of hydrogen-bond acceptors (Lipinski definition) is 6. The summed E-state index contributed by atoms with van der Waals surface area (Å²) in [5.41, 5.74) is 4.31. The van der Waals surface area contributed by atoms with Crippen molar-refractivity contribution in [2.45, 2.75) is 26.2 Å². The number of para-hydroxylation sites is 1. The van der Waals surface area contributed by atoms with Gasteiger partial charge in [-0.25, -0.2) is 0 Å². The zero-order valence-electron chi connectivity index (χ0n) is 21.8. The normalized spacial score (nSPS) is 20.2. The first-order valence-electron chi connectivity index (χ1n) is 12.4. The van der Waals surface area contributed by atoms with Crippen LogP contribution in [0.25, 0.3) is 6.08 Å². The van der Waals surface area contributed by atoms with Crippen LogP contribution in [0.3, 0.4) is 0 Å². The minimum absolute atomic E-state index is 0.0432. The molecule has 0 radical (unpaired) electrons. The third-order valence-corrected chi connectivity index (χ3v) is 11.6. The van der Waals surface area contributed by atoms with E-state index in [9.17, 15) is 4.79 Å². The lowest BCUT2D eigenvalue weighted by atomic mass is 9.84. The van der Waals surface area contributed by atoms with Crippen molar-refractivity contribution in [1.29, 1.82) is 0 Å². The van der Waals surface area contributed by atoms with E-state index in [0.29, 0.717) is 21.5 Å². The Labute approximate surface area is 239 Å². The van der Waals surface area contributed by atoms with Crippen LogP contribution in [0.15, 0.2) is 95.3 Å². The molecule has 3 aromatic carbocycles. The van der Waals surface area contributed by atoms with E-state index in [2.05, 4.69) is 68.0 Å². The van der Waals surface area contributed by atoms with Crippen molar-refractivity contribution >= 4 is 69.3 Å². The lowest BCUT2D eigenvalue weighted by molar-refractivity contribution is -0.121. The van der Waals surface area contributed by atoms with Gasteiger partial charge in [0, 0.05) is 41.5 Å². The highest BCUT2D eigenvalue weighted by molar-refractivity contribution is 8.26. The third-order valence-electron chi connectivity index (χ3n) is 6.96. The third kappa shape index (κ3) is 4.89. The smallest absolute Gasteiger partial charge is 0.266 e.